The monoisotopic (exact) mass is 210 g/mol. The third kappa shape index (κ3) is 3.46. The lowest BCUT2D eigenvalue weighted by Gasteiger charge is -2.30. The molecule has 1 aliphatic rings. The first-order chi connectivity index (χ1) is 6.39. The first-order valence-electron chi connectivity index (χ1n) is 4.98. The van der Waals surface area contributed by atoms with Crippen LogP contribution in [0, 0.1) is 0 Å². The van der Waals surface area contributed by atoms with E-state index in [1.165, 1.54) is 0 Å². The van der Waals surface area contributed by atoms with E-state index in [9.17, 15) is 13.2 Å². The first-order valence-corrected chi connectivity index (χ1v) is 4.98. The molecule has 0 amide bonds. The van der Waals surface area contributed by atoms with E-state index < -0.39 is 12.2 Å². The number of nitrogens with one attached hydrogen (secondary N) is 1. The van der Waals surface area contributed by atoms with Crippen molar-refractivity contribution in [3.05, 3.63) is 0 Å². The Kier molecular flexibility index (Phi) is 3.78. The Balaban J connectivity index is 2.31. The molecule has 2 nitrogen and oxygen atoms in total. The predicted octanol–water partition coefficient (Wildman–Crippen LogP) is 1.80. The number of hydrogen-bond acceptors (Lipinski definition) is 2. The summed E-state index contributed by atoms with van der Waals surface area (Å²) in [7, 11) is 0. The Morgan fingerprint density at radius 1 is 1.21 bits per heavy atom. The molecule has 84 valence electrons. The average Bonchev–Trinajstić information content (AvgIpc) is 2.07. The Labute approximate surface area is 82.0 Å². The van der Waals surface area contributed by atoms with Crippen molar-refractivity contribution in [1.29, 1.82) is 0 Å². The molecule has 0 spiro atoms. The van der Waals surface area contributed by atoms with E-state index in [-0.39, 0.29) is 12.1 Å². The van der Waals surface area contributed by atoms with Gasteiger partial charge in [0.15, 0.2) is 0 Å². The Bertz CT molecular complexity index is 173. The van der Waals surface area contributed by atoms with Crippen molar-refractivity contribution in [2.45, 2.75) is 56.9 Å². The topological polar surface area (TPSA) is 38.0 Å². The number of alkyl halides is 3. The van der Waals surface area contributed by atoms with Crippen molar-refractivity contribution in [3.63, 3.8) is 0 Å². The highest BCUT2D eigenvalue weighted by atomic mass is 19.4. The standard InChI is InChI=1S/C9H17F3N2/c1-6(9(10,11)12)14-8-4-2-7(13)3-5-8/h6-8,14H,2-5,13H2,1H3/t6-,7-,8-/m1/s1. The predicted molar refractivity (Wildman–Crippen MR) is 48.9 cm³/mol. The van der Waals surface area contributed by atoms with E-state index >= 15 is 0 Å². The zero-order chi connectivity index (χ0) is 10.8. The molecular weight excluding hydrogens is 193 g/mol. The molecule has 0 radical (unpaired) electrons. The van der Waals surface area contributed by atoms with Crippen LogP contribution in [0.5, 0.6) is 0 Å². The zero-order valence-corrected chi connectivity index (χ0v) is 8.27. The van der Waals surface area contributed by atoms with Gasteiger partial charge in [-0.15, -0.1) is 0 Å². The van der Waals surface area contributed by atoms with E-state index in [1.807, 2.05) is 0 Å². The van der Waals surface area contributed by atoms with Crippen LogP contribution >= 0.6 is 0 Å². The summed E-state index contributed by atoms with van der Waals surface area (Å²) in [5.41, 5.74) is 5.66. The van der Waals surface area contributed by atoms with Crippen LogP contribution in [-0.4, -0.2) is 24.3 Å². The van der Waals surface area contributed by atoms with E-state index in [0.29, 0.717) is 0 Å². The maximum absolute atomic E-state index is 12.2. The fourth-order valence-electron chi connectivity index (χ4n) is 1.73. The van der Waals surface area contributed by atoms with Crippen LogP contribution in [0.2, 0.25) is 0 Å². The molecule has 1 rings (SSSR count). The molecule has 1 atom stereocenters. The lowest BCUT2D eigenvalue weighted by molar-refractivity contribution is -0.153. The van der Waals surface area contributed by atoms with Crippen LogP contribution in [0.15, 0.2) is 0 Å². The van der Waals surface area contributed by atoms with Crippen LogP contribution in [0.4, 0.5) is 13.2 Å². The molecule has 1 saturated carbocycles. The maximum atomic E-state index is 12.2. The first kappa shape index (κ1) is 11.8. The molecule has 3 N–H and O–H groups in total. The van der Waals surface area contributed by atoms with Gasteiger partial charge >= 0.3 is 6.18 Å². The minimum absolute atomic E-state index is 0.0218. The fraction of sp³-hybridized carbons (Fsp3) is 1.00. The van der Waals surface area contributed by atoms with Gasteiger partial charge in [-0.25, -0.2) is 0 Å². The maximum Gasteiger partial charge on any atom is 0.403 e. The van der Waals surface area contributed by atoms with E-state index in [4.69, 9.17) is 5.73 Å². The highest BCUT2D eigenvalue weighted by molar-refractivity contribution is 4.82. The summed E-state index contributed by atoms with van der Waals surface area (Å²) in [6, 6.07) is -1.26. The lowest BCUT2D eigenvalue weighted by atomic mass is 9.91. The molecule has 0 saturated heterocycles. The van der Waals surface area contributed by atoms with Crippen molar-refractivity contribution < 1.29 is 13.2 Å². The summed E-state index contributed by atoms with van der Waals surface area (Å²) < 4.78 is 36.6. The van der Waals surface area contributed by atoms with E-state index in [1.54, 1.807) is 0 Å². The highest BCUT2D eigenvalue weighted by Crippen LogP contribution is 2.23. The number of hydrogen-bond donors (Lipinski definition) is 2. The summed E-state index contributed by atoms with van der Waals surface area (Å²) in [4.78, 5) is 0. The quantitative estimate of drug-likeness (QED) is 0.729. The average molecular weight is 210 g/mol. The van der Waals surface area contributed by atoms with Crippen molar-refractivity contribution in [2.75, 3.05) is 0 Å². The molecule has 1 aliphatic carbocycles. The molecule has 0 aromatic heterocycles. The van der Waals surface area contributed by atoms with Crippen LogP contribution in [0.3, 0.4) is 0 Å². The molecule has 0 unspecified atom stereocenters. The van der Waals surface area contributed by atoms with Gasteiger partial charge in [0, 0.05) is 12.1 Å². The molecule has 0 heterocycles. The van der Waals surface area contributed by atoms with E-state index in [0.717, 1.165) is 32.6 Å². The van der Waals surface area contributed by atoms with Gasteiger partial charge in [-0.1, -0.05) is 0 Å². The lowest BCUT2D eigenvalue weighted by Crippen LogP contribution is -2.47. The Hall–Kier alpha value is -0.290. The largest absolute Gasteiger partial charge is 0.403 e. The third-order valence-corrected chi connectivity index (χ3v) is 2.75. The molecule has 0 aromatic rings. The summed E-state index contributed by atoms with van der Waals surface area (Å²) in [6.45, 7) is 1.16. The highest BCUT2D eigenvalue weighted by Gasteiger charge is 2.37. The van der Waals surface area contributed by atoms with Gasteiger partial charge in [0.25, 0.3) is 0 Å². The van der Waals surface area contributed by atoms with Gasteiger partial charge in [-0.3, -0.25) is 0 Å². The van der Waals surface area contributed by atoms with Gasteiger partial charge < -0.3 is 11.1 Å². The third-order valence-electron chi connectivity index (χ3n) is 2.75. The number of halogens is 3. The minimum atomic E-state index is -4.14. The second-order valence-electron chi connectivity index (χ2n) is 4.04. The van der Waals surface area contributed by atoms with Crippen molar-refractivity contribution in [3.8, 4) is 0 Å². The van der Waals surface area contributed by atoms with E-state index in [2.05, 4.69) is 5.32 Å². The second kappa shape index (κ2) is 4.49. The fourth-order valence-corrected chi connectivity index (χ4v) is 1.73. The van der Waals surface area contributed by atoms with Crippen molar-refractivity contribution in [2.24, 2.45) is 5.73 Å². The van der Waals surface area contributed by atoms with Gasteiger partial charge in [0.1, 0.15) is 6.04 Å². The number of nitrogens with two attached hydrogens (primary N) is 1. The number of rotatable bonds is 2. The molecule has 1 fully saturated rings. The van der Waals surface area contributed by atoms with Crippen LogP contribution in [-0.2, 0) is 0 Å². The Morgan fingerprint density at radius 3 is 2.14 bits per heavy atom. The van der Waals surface area contributed by atoms with Crippen LogP contribution in [0.1, 0.15) is 32.6 Å². The van der Waals surface area contributed by atoms with Crippen molar-refractivity contribution in [1.82, 2.24) is 5.32 Å². The smallest absolute Gasteiger partial charge is 0.328 e. The molecule has 0 bridgehead atoms. The molecule has 0 aliphatic heterocycles. The van der Waals surface area contributed by atoms with Crippen LogP contribution in [0.25, 0.3) is 0 Å². The van der Waals surface area contributed by atoms with Gasteiger partial charge in [-0.05, 0) is 32.6 Å². The summed E-state index contributed by atoms with van der Waals surface area (Å²) in [5.74, 6) is 0. The summed E-state index contributed by atoms with van der Waals surface area (Å²) >= 11 is 0. The van der Waals surface area contributed by atoms with Gasteiger partial charge in [0.2, 0.25) is 0 Å². The van der Waals surface area contributed by atoms with Crippen molar-refractivity contribution >= 4 is 0 Å². The normalized spacial score (nSPS) is 31.5. The zero-order valence-electron chi connectivity index (χ0n) is 8.27. The molecule has 14 heavy (non-hydrogen) atoms. The molecule has 5 heteroatoms. The SMILES string of the molecule is C[C@@H](N[C@H]1CC[C@H](N)CC1)C(F)(F)F. The second-order valence-corrected chi connectivity index (χ2v) is 4.04. The van der Waals surface area contributed by atoms with Gasteiger partial charge in [0.05, 0.1) is 0 Å². The minimum Gasteiger partial charge on any atom is -0.328 e. The van der Waals surface area contributed by atoms with Gasteiger partial charge in [-0.2, -0.15) is 13.2 Å². The molecular formula is C9H17F3N2. The Morgan fingerprint density at radius 2 is 1.71 bits per heavy atom. The van der Waals surface area contributed by atoms with Crippen LogP contribution < -0.4 is 11.1 Å². The summed E-state index contributed by atoms with van der Waals surface area (Å²) in [6.07, 6.45) is -0.993. The molecule has 0 aromatic carbocycles. The summed E-state index contributed by atoms with van der Waals surface area (Å²) in [5, 5.41) is 2.60.